The zero-order chi connectivity index (χ0) is 16.8. The fourth-order valence-corrected chi connectivity index (χ4v) is 3.59. The predicted molar refractivity (Wildman–Crippen MR) is 93.7 cm³/mol. The van der Waals surface area contributed by atoms with E-state index in [1.807, 2.05) is 48.0 Å². The number of anilines is 1. The van der Waals surface area contributed by atoms with E-state index in [2.05, 4.69) is 25.1 Å². The first-order chi connectivity index (χ1) is 12.3. The lowest BCUT2D eigenvalue weighted by Crippen LogP contribution is -2.35. The van der Waals surface area contributed by atoms with Crippen molar-refractivity contribution in [2.24, 2.45) is 0 Å². The van der Waals surface area contributed by atoms with Crippen LogP contribution >= 0.6 is 0 Å². The molecule has 0 spiro atoms. The molecule has 1 aliphatic rings. The second kappa shape index (κ2) is 5.54. The Hall–Kier alpha value is -2.96. The Morgan fingerprint density at radius 3 is 3.04 bits per heavy atom. The van der Waals surface area contributed by atoms with Crippen molar-refractivity contribution in [1.29, 1.82) is 0 Å². The topological polar surface area (TPSA) is 72.3 Å². The smallest absolute Gasteiger partial charge is 0.203 e. The van der Waals surface area contributed by atoms with E-state index >= 15 is 0 Å². The summed E-state index contributed by atoms with van der Waals surface area (Å²) in [6.45, 7) is 3.72. The largest absolute Gasteiger partial charge is 0.440 e. The average molecular weight is 334 g/mol. The molecule has 0 amide bonds. The van der Waals surface area contributed by atoms with Gasteiger partial charge in [-0.1, -0.05) is 12.1 Å². The number of fused-ring (bicyclic) bond motifs is 2. The summed E-state index contributed by atoms with van der Waals surface area (Å²) in [6, 6.07) is 7.92. The van der Waals surface area contributed by atoms with Crippen LogP contribution in [-0.2, 0) is 0 Å². The summed E-state index contributed by atoms with van der Waals surface area (Å²) in [4.78, 5) is 11.5. The molecule has 5 rings (SSSR count). The lowest BCUT2D eigenvalue weighted by molar-refractivity contribution is 0.412. The van der Waals surface area contributed by atoms with E-state index in [4.69, 9.17) is 4.42 Å². The molecule has 4 heterocycles. The van der Waals surface area contributed by atoms with Gasteiger partial charge in [0.15, 0.2) is 17.3 Å². The van der Waals surface area contributed by atoms with Gasteiger partial charge in [-0.2, -0.15) is 0 Å². The zero-order valence-corrected chi connectivity index (χ0v) is 14.0. The Labute approximate surface area is 144 Å². The van der Waals surface area contributed by atoms with Crippen molar-refractivity contribution in [2.45, 2.75) is 25.7 Å². The summed E-state index contributed by atoms with van der Waals surface area (Å²) in [5, 5.41) is 8.47. The van der Waals surface area contributed by atoms with Gasteiger partial charge in [0.2, 0.25) is 5.65 Å². The first-order valence-electron chi connectivity index (χ1n) is 8.56. The molecule has 1 unspecified atom stereocenters. The normalized spacial score (nSPS) is 18.3. The van der Waals surface area contributed by atoms with E-state index in [1.54, 1.807) is 0 Å². The third-order valence-corrected chi connectivity index (χ3v) is 4.86. The number of hydrogen-bond donors (Lipinski definition) is 0. The van der Waals surface area contributed by atoms with Crippen LogP contribution in [0.25, 0.3) is 16.7 Å². The van der Waals surface area contributed by atoms with Crippen molar-refractivity contribution >= 4 is 22.6 Å². The van der Waals surface area contributed by atoms with Gasteiger partial charge in [-0.25, -0.2) is 9.97 Å². The van der Waals surface area contributed by atoms with Crippen LogP contribution in [0, 0.1) is 6.92 Å². The van der Waals surface area contributed by atoms with E-state index in [-0.39, 0.29) is 5.92 Å². The average Bonchev–Trinajstić information content (AvgIpc) is 3.26. The fourth-order valence-electron chi connectivity index (χ4n) is 3.59. The van der Waals surface area contributed by atoms with Crippen molar-refractivity contribution in [1.82, 2.24) is 24.6 Å². The second-order valence-corrected chi connectivity index (χ2v) is 6.50. The number of oxazole rings is 1. The van der Waals surface area contributed by atoms with Crippen LogP contribution < -0.4 is 4.90 Å². The van der Waals surface area contributed by atoms with Crippen LogP contribution in [0.3, 0.4) is 0 Å². The lowest BCUT2D eigenvalue weighted by atomic mass is 9.98. The Morgan fingerprint density at radius 2 is 2.12 bits per heavy atom. The third kappa shape index (κ3) is 2.34. The molecule has 1 aliphatic heterocycles. The van der Waals surface area contributed by atoms with Crippen molar-refractivity contribution in [3.8, 4) is 0 Å². The third-order valence-electron chi connectivity index (χ3n) is 4.86. The minimum absolute atomic E-state index is 0.257. The number of benzene rings is 1. The molecular weight excluding hydrogens is 316 g/mol. The van der Waals surface area contributed by atoms with Crippen molar-refractivity contribution < 1.29 is 4.42 Å². The van der Waals surface area contributed by atoms with Gasteiger partial charge in [-0.15, -0.1) is 10.2 Å². The van der Waals surface area contributed by atoms with E-state index in [0.29, 0.717) is 0 Å². The maximum atomic E-state index is 5.99. The van der Waals surface area contributed by atoms with Crippen LogP contribution in [0.2, 0.25) is 0 Å². The molecular formula is C18H18N6O. The summed E-state index contributed by atoms with van der Waals surface area (Å²) in [5.41, 5.74) is 2.57. The molecule has 0 bridgehead atoms. The Bertz CT molecular complexity index is 1020. The molecule has 1 aromatic carbocycles. The highest BCUT2D eigenvalue weighted by molar-refractivity contribution is 5.72. The summed E-state index contributed by atoms with van der Waals surface area (Å²) in [7, 11) is 0. The highest BCUT2D eigenvalue weighted by Crippen LogP contribution is 2.31. The van der Waals surface area contributed by atoms with Crippen LogP contribution in [-0.4, -0.2) is 37.7 Å². The second-order valence-electron chi connectivity index (χ2n) is 6.50. The Kier molecular flexibility index (Phi) is 3.19. The number of hydrogen-bond acceptors (Lipinski definition) is 6. The van der Waals surface area contributed by atoms with Gasteiger partial charge in [0.25, 0.3) is 0 Å². The SMILES string of the molecule is Cc1nnc2c(N3CCCC(c4nc5ccccc5o4)C3)nccn12. The molecule has 1 atom stereocenters. The number of nitrogens with zero attached hydrogens (tertiary/aromatic N) is 6. The van der Waals surface area contributed by atoms with Gasteiger partial charge in [-0.3, -0.25) is 4.40 Å². The fraction of sp³-hybridized carbons (Fsp3) is 0.333. The van der Waals surface area contributed by atoms with Gasteiger partial charge in [0.1, 0.15) is 11.3 Å². The summed E-state index contributed by atoms with van der Waals surface area (Å²) < 4.78 is 7.97. The molecule has 25 heavy (non-hydrogen) atoms. The van der Waals surface area contributed by atoms with E-state index < -0.39 is 0 Å². The minimum Gasteiger partial charge on any atom is -0.440 e. The molecule has 126 valence electrons. The number of rotatable bonds is 2. The Balaban J connectivity index is 1.49. The highest BCUT2D eigenvalue weighted by Gasteiger charge is 2.27. The lowest BCUT2D eigenvalue weighted by Gasteiger charge is -2.32. The van der Waals surface area contributed by atoms with Crippen molar-refractivity contribution in [2.75, 3.05) is 18.0 Å². The Morgan fingerprint density at radius 1 is 1.20 bits per heavy atom. The van der Waals surface area contributed by atoms with E-state index in [9.17, 15) is 0 Å². The molecule has 0 aliphatic carbocycles. The number of aryl methyl sites for hydroxylation is 1. The van der Waals surface area contributed by atoms with Gasteiger partial charge < -0.3 is 9.32 Å². The van der Waals surface area contributed by atoms with E-state index in [1.165, 1.54) is 0 Å². The van der Waals surface area contributed by atoms with Crippen molar-refractivity contribution in [3.05, 3.63) is 48.4 Å². The molecule has 3 aromatic heterocycles. The molecule has 4 aromatic rings. The summed E-state index contributed by atoms with van der Waals surface area (Å²) in [6.07, 6.45) is 5.84. The molecule has 0 saturated carbocycles. The first-order valence-corrected chi connectivity index (χ1v) is 8.56. The standard InChI is InChI=1S/C18H18N6O/c1-12-21-22-17-16(19-8-10-24(12)17)23-9-4-5-13(11-23)18-20-14-6-2-3-7-15(14)25-18/h2-3,6-8,10,13H,4-5,9,11H2,1H3. The number of piperidine rings is 1. The maximum Gasteiger partial charge on any atom is 0.203 e. The monoisotopic (exact) mass is 334 g/mol. The predicted octanol–water partition coefficient (Wildman–Crippen LogP) is 2.96. The number of aromatic nitrogens is 5. The summed E-state index contributed by atoms with van der Waals surface area (Å²) >= 11 is 0. The zero-order valence-electron chi connectivity index (χ0n) is 14.0. The summed E-state index contributed by atoms with van der Waals surface area (Å²) in [5.74, 6) is 2.82. The molecule has 1 fully saturated rings. The van der Waals surface area contributed by atoms with Gasteiger partial charge in [-0.05, 0) is 31.9 Å². The highest BCUT2D eigenvalue weighted by atomic mass is 16.3. The van der Waals surface area contributed by atoms with Crippen LogP contribution in [0.15, 0.2) is 41.1 Å². The molecule has 0 radical (unpaired) electrons. The van der Waals surface area contributed by atoms with Gasteiger partial charge in [0.05, 0.1) is 5.92 Å². The van der Waals surface area contributed by atoms with Gasteiger partial charge in [0, 0.05) is 25.5 Å². The van der Waals surface area contributed by atoms with E-state index in [0.717, 1.165) is 60.2 Å². The number of para-hydroxylation sites is 2. The molecule has 0 N–H and O–H groups in total. The minimum atomic E-state index is 0.257. The van der Waals surface area contributed by atoms with Crippen LogP contribution in [0.5, 0.6) is 0 Å². The maximum absolute atomic E-state index is 5.99. The van der Waals surface area contributed by atoms with Crippen LogP contribution in [0.4, 0.5) is 5.82 Å². The first kappa shape index (κ1) is 14.4. The van der Waals surface area contributed by atoms with Crippen LogP contribution in [0.1, 0.15) is 30.5 Å². The molecule has 7 nitrogen and oxygen atoms in total. The quantitative estimate of drug-likeness (QED) is 0.561. The molecule has 7 heteroatoms. The van der Waals surface area contributed by atoms with Crippen molar-refractivity contribution in [3.63, 3.8) is 0 Å². The molecule has 1 saturated heterocycles. The van der Waals surface area contributed by atoms with Gasteiger partial charge >= 0.3 is 0 Å².